The van der Waals surface area contributed by atoms with Gasteiger partial charge in [0.1, 0.15) is 11.6 Å². The first kappa shape index (κ1) is 8.49. The Kier molecular flexibility index (Phi) is 2.02. The van der Waals surface area contributed by atoms with Crippen molar-refractivity contribution >= 4 is 17.5 Å². The first-order valence-electron chi connectivity index (χ1n) is 4.08. The lowest BCUT2D eigenvalue weighted by atomic mass is 10.6. The third kappa shape index (κ3) is 1.79. The monoisotopic (exact) mass is 190 g/mol. The van der Waals surface area contributed by atoms with Crippen molar-refractivity contribution in [3.8, 4) is 0 Å². The van der Waals surface area contributed by atoms with E-state index < -0.39 is 0 Å². The van der Waals surface area contributed by atoms with Crippen molar-refractivity contribution in [2.75, 3.05) is 11.1 Å². The summed E-state index contributed by atoms with van der Waals surface area (Å²) in [5.74, 6) is 1.75. The van der Waals surface area contributed by atoms with E-state index in [1.165, 1.54) is 6.20 Å². The number of aryl methyl sites for hydroxylation is 1. The standard InChI is InChI=1S/C8H10N6/c1-14-3-2-7(13-14)12-8-5-10-6(9)4-11-8/h2-5H,1H3,(H2,9,10)(H,11,12,13). The van der Waals surface area contributed by atoms with Crippen LogP contribution in [0.25, 0.3) is 0 Å². The molecule has 2 aromatic rings. The Labute approximate surface area is 80.8 Å². The summed E-state index contributed by atoms with van der Waals surface area (Å²) in [7, 11) is 1.85. The first-order chi connectivity index (χ1) is 6.74. The molecule has 0 saturated carbocycles. The van der Waals surface area contributed by atoms with Crippen molar-refractivity contribution < 1.29 is 0 Å². The number of nitrogens with two attached hydrogens (primary N) is 1. The highest BCUT2D eigenvalue weighted by molar-refractivity contribution is 5.50. The van der Waals surface area contributed by atoms with Gasteiger partial charge in [0.25, 0.3) is 0 Å². The van der Waals surface area contributed by atoms with E-state index in [4.69, 9.17) is 5.73 Å². The van der Waals surface area contributed by atoms with Crippen LogP contribution in [0.15, 0.2) is 24.7 Å². The van der Waals surface area contributed by atoms with Gasteiger partial charge in [-0.2, -0.15) is 5.10 Å². The van der Waals surface area contributed by atoms with Gasteiger partial charge in [-0.05, 0) is 0 Å². The van der Waals surface area contributed by atoms with Gasteiger partial charge in [-0.3, -0.25) is 4.68 Å². The second kappa shape index (κ2) is 3.33. The van der Waals surface area contributed by atoms with E-state index in [0.717, 1.165) is 5.82 Å². The minimum atomic E-state index is 0.400. The Hall–Kier alpha value is -2.11. The second-order valence-electron chi connectivity index (χ2n) is 2.83. The van der Waals surface area contributed by atoms with Crippen LogP contribution in [0.1, 0.15) is 0 Å². The fraction of sp³-hybridized carbons (Fsp3) is 0.125. The lowest BCUT2D eigenvalue weighted by molar-refractivity contribution is 0.771. The molecule has 0 bridgehead atoms. The molecule has 0 aliphatic heterocycles. The Morgan fingerprint density at radius 2 is 2.14 bits per heavy atom. The predicted octanol–water partition coefficient (Wildman–Crippen LogP) is 0.536. The quantitative estimate of drug-likeness (QED) is 0.722. The van der Waals surface area contributed by atoms with E-state index in [9.17, 15) is 0 Å². The van der Waals surface area contributed by atoms with Crippen LogP contribution in [0.2, 0.25) is 0 Å². The van der Waals surface area contributed by atoms with Crippen LogP contribution in [-0.2, 0) is 7.05 Å². The zero-order valence-corrected chi connectivity index (χ0v) is 7.68. The van der Waals surface area contributed by atoms with Gasteiger partial charge in [0.15, 0.2) is 5.82 Å². The van der Waals surface area contributed by atoms with Crippen molar-refractivity contribution in [1.82, 2.24) is 19.7 Å². The average Bonchev–Trinajstić information content (AvgIpc) is 2.56. The number of rotatable bonds is 2. The number of aromatic nitrogens is 4. The summed E-state index contributed by atoms with van der Waals surface area (Å²) in [5, 5.41) is 7.13. The van der Waals surface area contributed by atoms with E-state index in [2.05, 4.69) is 20.4 Å². The SMILES string of the molecule is Cn1ccc(Nc2cnc(N)cn2)n1. The van der Waals surface area contributed by atoms with Crippen LogP contribution in [0.4, 0.5) is 17.5 Å². The minimum Gasteiger partial charge on any atom is -0.382 e. The molecular weight excluding hydrogens is 180 g/mol. The molecule has 0 amide bonds. The molecular formula is C8H10N6. The predicted molar refractivity (Wildman–Crippen MR) is 52.9 cm³/mol. The van der Waals surface area contributed by atoms with Crippen LogP contribution in [0.5, 0.6) is 0 Å². The Morgan fingerprint density at radius 3 is 2.71 bits per heavy atom. The highest BCUT2D eigenvalue weighted by Crippen LogP contribution is 2.10. The Balaban J connectivity index is 2.15. The van der Waals surface area contributed by atoms with Crippen LogP contribution >= 0.6 is 0 Å². The molecule has 0 fully saturated rings. The lowest BCUT2D eigenvalue weighted by Gasteiger charge is -2.00. The highest BCUT2D eigenvalue weighted by atomic mass is 15.3. The van der Waals surface area contributed by atoms with Crippen LogP contribution in [-0.4, -0.2) is 19.7 Å². The van der Waals surface area contributed by atoms with Gasteiger partial charge in [0.2, 0.25) is 0 Å². The summed E-state index contributed by atoms with van der Waals surface area (Å²) >= 11 is 0. The van der Waals surface area contributed by atoms with E-state index in [1.54, 1.807) is 10.9 Å². The van der Waals surface area contributed by atoms with E-state index in [0.29, 0.717) is 11.6 Å². The number of hydrogen-bond acceptors (Lipinski definition) is 5. The zero-order chi connectivity index (χ0) is 9.97. The molecule has 0 aliphatic rings. The van der Waals surface area contributed by atoms with Gasteiger partial charge in [-0.25, -0.2) is 9.97 Å². The summed E-state index contributed by atoms with van der Waals surface area (Å²) in [4.78, 5) is 7.94. The summed E-state index contributed by atoms with van der Waals surface area (Å²) in [6.45, 7) is 0. The molecule has 6 heteroatoms. The van der Waals surface area contributed by atoms with E-state index in [1.807, 2.05) is 19.3 Å². The molecule has 0 radical (unpaired) electrons. The van der Waals surface area contributed by atoms with Gasteiger partial charge in [-0.1, -0.05) is 0 Å². The van der Waals surface area contributed by atoms with Gasteiger partial charge in [0, 0.05) is 19.3 Å². The Bertz CT molecular complexity index is 418. The van der Waals surface area contributed by atoms with Gasteiger partial charge in [0.05, 0.1) is 12.4 Å². The van der Waals surface area contributed by atoms with Crippen LogP contribution in [0, 0.1) is 0 Å². The molecule has 0 unspecified atom stereocenters. The van der Waals surface area contributed by atoms with Crippen molar-refractivity contribution in [3.05, 3.63) is 24.7 Å². The molecule has 0 atom stereocenters. The third-order valence-corrected chi connectivity index (χ3v) is 1.64. The summed E-state index contributed by atoms with van der Waals surface area (Å²) in [6.07, 6.45) is 4.89. The van der Waals surface area contributed by atoms with Crippen molar-refractivity contribution in [2.45, 2.75) is 0 Å². The van der Waals surface area contributed by atoms with E-state index >= 15 is 0 Å². The largest absolute Gasteiger partial charge is 0.382 e. The lowest BCUT2D eigenvalue weighted by Crippen LogP contribution is -1.98. The smallest absolute Gasteiger partial charge is 0.153 e. The maximum absolute atomic E-state index is 5.40. The molecule has 2 aromatic heterocycles. The van der Waals surface area contributed by atoms with Gasteiger partial charge < -0.3 is 11.1 Å². The van der Waals surface area contributed by atoms with Crippen molar-refractivity contribution in [1.29, 1.82) is 0 Å². The molecule has 0 aromatic carbocycles. The fourth-order valence-corrected chi connectivity index (χ4v) is 1.02. The fourth-order valence-electron chi connectivity index (χ4n) is 1.02. The topological polar surface area (TPSA) is 81.7 Å². The number of anilines is 3. The molecule has 0 aliphatic carbocycles. The number of nitrogen functional groups attached to an aromatic ring is 1. The summed E-state index contributed by atoms with van der Waals surface area (Å²) in [6, 6.07) is 1.85. The first-order valence-corrected chi connectivity index (χ1v) is 4.08. The summed E-state index contributed by atoms with van der Waals surface area (Å²) < 4.78 is 1.70. The molecule has 3 N–H and O–H groups in total. The van der Waals surface area contributed by atoms with Gasteiger partial charge in [-0.15, -0.1) is 0 Å². The molecule has 14 heavy (non-hydrogen) atoms. The maximum Gasteiger partial charge on any atom is 0.153 e. The van der Waals surface area contributed by atoms with Crippen LogP contribution < -0.4 is 11.1 Å². The maximum atomic E-state index is 5.40. The third-order valence-electron chi connectivity index (χ3n) is 1.64. The molecule has 6 nitrogen and oxygen atoms in total. The molecule has 72 valence electrons. The van der Waals surface area contributed by atoms with Crippen molar-refractivity contribution in [3.63, 3.8) is 0 Å². The summed E-state index contributed by atoms with van der Waals surface area (Å²) in [5.41, 5.74) is 5.40. The highest BCUT2D eigenvalue weighted by Gasteiger charge is 1.98. The molecule has 0 spiro atoms. The molecule has 2 heterocycles. The van der Waals surface area contributed by atoms with Gasteiger partial charge >= 0.3 is 0 Å². The molecule has 0 saturated heterocycles. The zero-order valence-electron chi connectivity index (χ0n) is 7.68. The van der Waals surface area contributed by atoms with E-state index in [-0.39, 0.29) is 0 Å². The number of nitrogens with zero attached hydrogens (tertiary/aromatic N) is 4. The number of nitrogens with one attached hydrogen (secondary N) is 1. The number of hydrogen-bond donors (Lipinski definition) is 2. The van der Waals surface area contributed by atoms with Crippen LogP contribution in [0.3, 0.4) is 0 Å². The normalized spacial score (nSPS) is 10.1. The molecule has 2 rings (SSSR count). The average molecular weight is 190 g/mol. The second-order valence-corrected chi connectivity index (χ2v) is 2.83. The van der Waals surface area contributed by atoms with Crippen molar-refractivity contribution in [2.24, 2.45) is 7.05 Å². The Morgan fingerprint density at radius 1 is 1.29 bits per heavy atom. The minimum absolute atomic E-state index is 0.400.